The molecule has 2 aromatic rings. The number of aryl methyl sites for hydroxylation is 2. The van der Waals surface area contributed by atoms with Crippen LogP contribution >= 0.6 is 11.3 Å². The van der Waals surface area contributed by atoms with Crippen LogP contribution in [0.5, 0.6) is 5.75 Å². The van der Waals surface area contributed by atoms with Gasteiger partial charge in [-0.3, -0.25) is 9.69 Å². The van der Waals surface area contributed by atoms with Gasteiger partial charge in [-0.05, 0) is 31.7 Å². The van der Waals surface area contributed by atoms with Crippen LogP contribution in [0, 0.1) is 0 Å². The number of carbonyl (C=O) groups is 1. The van der Waals surface area contributed by atoms with E-state index in [0.29, 0.717) is 6.54 Å². The number of nitrogens with zero attached hydrogens (tertiary/aromatic N) is 2. The number of fused-ring (bicyclic) bond motifs is 1. The number of anilines is 1. The second kappa shape index (κ2) is 8.37. The summed E-state index contributed by atoms with van der Waals surface area (Å²) in [5, 5.41) is 7.20. The molecule has 2 N–H and O–H groups in total. The third kappa shape index (κ3) is 4.15. The zero-order valence-electron chi connectivity index (χ0n) is 15.7. The number of nitrogens with one attached hydrogen (secondary N) is 2. The first kappa shape index (κ1) is 18.4. The molecule has 27 heavy (non-hydrogen) atoms. The Hall–Kier alpha value is -1.96. The van der Waals surface area contributed by atoms with Gasteiger partial charge in [0, 0.05) is 30.1 Å². The molecule has 1 fully saturated rings. The van der Waals surface area contributed by atoms with E-state index in [4.69, 9.17) is 4.74 Å². The highest BCUT2D eigenvalue weighted by molar-refractivity contribution is 7.15. The van der Waals surface area contributed by atoms with Crippen LogP contribution in [0.25, 0.3) is 0 Å². The molecule has 1 aromatic heterocycles. The molecule has 1 aliphatic heterocycles. The van der Waals surface area contributed by atoms with Gasteiger partial charge in [-0.25, -0.2) is 4.98 Å². The van der Waals surface area contributed by atoms with Crippen molar-refractivity contribution in [2.24, 2.45) is 0 Å². The van der Waals surface area contributed by atoms with Gasteiger partial charge < -0.3 is 15.4 Å². The molecule has 1 atom stereocenters. The fourth-order valence-corrected chi connectivity index (χ4v) is 5.00. The standard InChI is InChI=1S/C20H26N4O2S/c1-26-17-8-4-2-6-14(17)16-12-21-10-11-24(16)13-19(25)23-20-22-15-7-3-5-9-18(15)27-20/h2,4,6,8,16,21H,3,5,7,9-13H2,1H3,(H,22,23,25). The van der Waals surface area contributed by atoms with E-state index in [-0.39, 0.29) is 11.9 Å². The van der Waals surface area contributed by atoms with Gasteiger partial charge in [-0.2, -0.15) is 0 Å². The number of benzene rings is 1. The molecule has 1 amide bonds. The molecule has 1 aromatic carbocycles. The summed E-state index contributed by atoms with van der Waals surface area (Å²) >= 11 is 1.64. The lowest BCUT2D eigenvalue weighted by Crippen LogP contribution is -2.48. The number of aromatic nitrogens is 1. The third-order valence-corrected chi connectivity index (χ3v) is 6.36. The maximum Gasteiger partial charge on any atom is 0.240 e. The Morgan fingerprint density at radius 1 is 1.37 bits per heavy atom. The van der Waals surface area contributed by atoms with Crippen molar-refractivity contribution >= 4 is 22.4 Å². The molecule has 1 saturated heterocycles. The Morgan fingerprint density at radius 2 is 2.22 bits per heavy atom. The van der Waals surface area contributed by atoms with Crippen molar-refractivity contribution in [3.05, 3.63) is 40.4 Å². The highest BCUT2D eigenvalue weighted by Crippen LogP contribution is 2.31. The smallest absolute Gasteiger partial charge is 0.240 e. The summed E-state index contributed by atoms with van der Waals surface area (Å²) in [6.07, 6.45) is 4.56. The van der Waals surface area contributed by atoms with Gasteiger partial charge >= 0.3 is 0 Å². The molecule has 2 aliphatic rings. The van der Waals surface area contributed by atoms with Gasteiger partial charge in [0.15, 0.2) is 5.13 Å². The Bertz CT molecular complexity index is 784. The molecular formula is C20H26N4O2S. The average molecular weight is 387 g/mol. The van der Waals surface area contributed by atoms with Crippen molar-refractivity contribution in [3.63, 3.8) is 0 Å². The van der Waals surface area contributed by atoms with Crippen LogP contribution in [0.3, 0.4) is 0 Å². The molecular weight excluding hydrogens is 360 g/mol. The molecule has 0 bridgehead atoms. The normalized spacial score (nSPS) is 20.1. The van der Waals surface area contributed by atoms with Crippen molar-refractivity contribution in [2.45, 2.75) is 31.7 Å². The van der Waals surface area contributed by atoms with Crippen LogP contribution in [0.4, 0.5) is 5.13 Å². The number of amides is 1. The lowest BCUT2D eigenvalue weighted by Gasteiger charge is -2.36. The SMILES string of the molecule is COc1ccccc1C1CNCCN1CC(=O)Nc1nc2c(s1)CCCC2. The molecule has 0 saturated carbocycles. The molecule has 1 aliphatic carbocycles. The number of piperazine rings is 1. The molecule has 7 heteroatoms. The summed E-state index contributed by atoms with van der Waals surface area (Å²) in [6, 6.07) is 8.16. The topological polar surface area (TPSA) is 66.5 Å². The summed E-state index contributed by atoms with van der Waals surface area (Å²) < 4.78 is 5.53. The summed E-state index contributed by atoms with van der Waals surface area (Å²) in [4.78, 5) is 20.9. The minimum absolute atomic E-state index is 0.00268. The number of hydrogen-bond acceptors (Lipinski definition) is 6. The molecule has 1 unspecified atom stereocenters. The first-order valence-electron chi connectivity index (χ1n) is 9.60. The minimum atomic E-state index is 0.00268. The lowest BCUT2D eigenvalue weighted by atomic mass is 10.0. The summed E-state index contributed by atoms with van der Waals surface area (Å²) in [6.45, 7) is 2.86. The maximum absolute atomic E-state index is 12.7. The van der Waals surface area contributed by atoms with Crippen molar-refractivity contribution in [1.29, 1.82) is 0 Å². The monoisotopic (exact) mass is 386 g/mol. The van der Waals surface area contributed by atoms with Gasteiger partial charge in [0.25, 0.3) is 0 Å². The van der Waals surface area contributed by atoms with Crippen molar-refractivity contribution in [2.75, 3.05) is 38.6 Å². The van der Waals surface area contributed by atoms with Crippen LogP contribution in [0.1, 0.15) is 35.0 Å². The van der Waals surface area contributed by atoms with Gasteiger partial charge in [-0.15, -0.1) is 11.3 Å². The quantitative estimate of drug-likeness (QED) is 0.827. The van der Waals surface area contributed by atoms with E-state index in [2.05, 4.69) is 26.6 Å². The maximum atomic E-state index is 12.7. The van der Waals surface area contributed by atoms with E-state index < -0.39 is 0 Å². The van der Waals surface area contributed by atoms with E-state index in [9.17, 15) is 4.79 Å². The molecule has 0 spiro atoms. The predicted molar refractivity (Wildman–Crippen MR) is 108 cm³/mol. The fourth-order valence-electron chi connectivity index (χ4n) is 3.93. The minimum Gasteiger partial charge on any atom is -0.496 e. The van der Waals surface area contributed by atoms with Crippen molar-refractivity contribution in [3.8, 4) is 5.75 Å². The van der Waals surface area contributed by atoms with E-state index in [1.165, 1.54) is 23.4 Å². The number of rotatable bonds is 5. The van der Waals surface area contributed by atoms with Crippen molar-refractivity contribution in [1.82, 2.24) is 15.2 Å². The van der Waals surface area contributed by atoms with E-state index in [0.717, 1.165) is 48.9 Å². The number of carbonyl (C=O) groups excluding carboxylic acids is 1. The largest absolute Gasteiger partial charge is 0.496 e. The first-order chi connectivity index (χ1) is 13.2. The van der Waals surface area contributed by atoms with E-state index in [1.54, 1.807) is 18.4 Å². The van der Waals surface area contributed by atoms with Gasteiger partial charge in [0.2, 0.25) is 5.91 Å². The molecule has 2 heterocycles. The fraction of sp³-hybridized carbons (Fsp3) is 0.500. The van der Waals surface area contributed by atoms with Gasteiger partial charge in [0.05, 0.1) is 25.4 Å². The van der Waals surface area contributed by atoms with Crippen LogP contribution in [-0.4, -0.2) is 49.1 Å². The summed E-state index contributed by atoms with van der Waals surface area (Å²) in [5.41, 5.74) is 2.29. The predicted octanol–water partition coefficient (Wildman–Crippen LogP) is 2.62. The number of hydrogen-bond donors (Lipinski definition) is 2. The Labute approximate surface area is 163 Å². The summed E-state index contributed by atoms with van der Waals surface area (Å²) in [7, 11) is 1.69. The second-order valence-electron chi connectivity index (χ2n) is 7.08. The highest BCUT2D eigenvalue weighted by Gasteiger charge is 2.28. The Balaban J connectivity index is 1.44. The van der Waals surface area contributed by atoms with Crippen LogP contribution in [0.15, 0.2) is 24.3 Å². The number of ether oxygens (including phenoxy) is 1. The summed E-state index contributed by atoms with van der Waals surface area (Å²) in [5.74, 6) is 0.868. The molecule has 0 radical (unpaired) electrons. The van der Waals surface area contributed by atoms with E-state index in [1.807, 2.05) is 18.2 Å². The molecule has 4 rings (SSSR count). The van der Waals surface area contributed by atoms with Crippen LogP contribution in [-0.2, 0) is 17.6 Å². The van der Waals surface area contributed by atoms with Gasteiger partial charge in [0.1, 0.15) is 5.75 Å². The Morgan fingerprint density at radius 3 is 3.07 bits per heavy atom. The van der Waals surface area contributed by atoms with Crippen LogP contribution < -0.4 is 15.4 Å². The average Bonchev–Trinajstić information content (AvgIpc) is 3.10. The van der Waals surface area contributed by atoms with E-state index >= 15 is 0 Å². The number of thiazole rings is 1. The zero-order chi connectivity index (χ0) is 18.6. The Kier molecular flexibility index (Phi) is 5.71. The number of para-hydroxylation sites is 1. The molecule has 144 valence electrons. The first-order valence-corrected chi connectivity index (χ1v) is 10.4. The third-order valence-electron chi connectivity index (χ3n) is 5.29. The van der Waals surface area contributed by atoms with Crippen molar-refractivity contribution < 1.29 is 9.53 Å². The molecule has 6 nitrogen and oxygen atoms in total. The second-order valence-corrected chi connectivity index (χ2v) is 8.16. The number of methoxy groups -OCH3 is 1. The lowest BCUT2D eigenvalue weighted by molar-refractivity contribution is -0.118. The van der Waals surface area contributed by atoms with Gasteiger partial charge in [-0.1, -0.05) is 18.2 Å². The highest BCUT2D eigenvalue weighted by atomic mass is 32.1. The zero-order valence-corrected chi connectivity index (χ0v) is 16.5. The van der Waals surface area contributed by atoms with Crippen LogP contribution in [0.2, 0.25) is 0 Å².